The average molecular weight is 305 g/mol. The number of halogens is 1. The van der Waals surface area contributed by atoms with Gasteiger partial charge in [0.25, 0.3) is 0 Å². The van der Waals surface area contributed by atoms with Gasteiger partial charge in [0.1, 0.15) is 5.82 Å². The first kappa shape index (κ1) is 14.7. The van der Waals surface area contributed by atoms with Gasteiger partial charge in [-0.15, -0.1) is 11.3 Å². The fourth-order valence-electron chi connectivity index (χ4n) is 1.44. The number of hydrazine groups is 1. The Morgan fingerprint density at radius 3 is 2.48 bits per heavy atom. The molecule has 3 N–H and O–H groups in total. The van der Waals surface area contributed by atoms with Crippen LogP contribution in [0.15, 0.2) is 48.4 Å². The molecule has 0 saturated carbocycles. The number of thiophene rings is 1. The second-order valence-corrected chi connectivity index (χ2v) is 4.92. The summed E-state index contributed by atoms with van der Waals surface area (Å²) in [5, 5.41) is 4.03. The van der Waals surface area contributed by atoms with Crippen LogP contribution in [-0.4, -0.2) is 11.8 Å². The van der Waals surface area contributed by atoms with Gasteiger partial charge in [0.15, 0.2) is 0 Å². The first-order valence-electron chi connectivity index (χ1n) is 5.92. The van der Waals surface area contributed by atoms with Crippen LogP contribution in [0.1, 0.15) is 4.88 Å². The highest BCUT2D eigenvalue weighted by Gasteiger charge is 2.15. The Kier molecular flexibility index (Phi) is 4.68. The first-order valence-corrected chi connectivity index (χ1v) is 6.80. The Labute approximate surface area is 124 Å². The van der Waals surface area contributed by atoms with Crippen molar-refractivity contribution in [3.8, 4) is 0 Å². The van der Waals surface area contributed by atoms with E-state index in [9.17, 15) is 14.0 Å². The van der Waals surface area contributed by atoms with Crippen molar-refractivity contribution in [3.63, 3.8) is 0 Å². The topological polar surface area (TPSA) is 70.2 Å². The van der Waals surface area contributed by atoms with Crippen LogP contribution >= 0.6 is 11.3 Å². The molecule has 1 heterocycles. The Balaban J connectivity index is 1.87. The molecule has 2 aromatic rings. The molecule has 0 radical (unpaired) electrons. The van der Waals surface area contributed by atoms with Crippen molar-refractivity contribution in [3.05, 3.63) is 59.1 Å². The van der Waals surface area contributed by atoms with Crippen LogP contribution in [-0.2, 0) is 9.59 Å². The van der Waals surface area contributed by atoms with Gasteiger partial charge in [-0.3, -0.25) is 20.4 Å². The second kappa shape index (κ2) is 6.67. The van der Waals surface area contributed by atoms with Crippen LogP contribution in [0, 0.1) is 5.82 Å². The van der Waals surface area contributed by atoms with E-state index in [1.807, 2.05) is 17.5 Å². The minimum atomic E-state index is -0.980. The molecule has 0 bridgehead atoms. The van der Waals surface area contributed by atoms with Gasteiger partial charge in [0.2, 0.25) is 0 Å². The van der Waals surface area contributed by atoms with Gasteiger partial charge >= 0.3 is 11.8 Å². The third-order valence-corrected chi connectivity index (χ3v) is 3.40. The smallest absolute Gasteiger partial charge is 0.315 e. The second-order valence-electron chi connectivity index (χ2n) is 3.97. The van der Waals surface area contributed by atoms with Crippen LogP contribution in [0.2, 0.25) is 0 Å². The summed E-state index contributed by atoms with van der Waals surface area (Å²) < 4.78 is 13.3. The minimum absolute atomic E-state index is 0.0604. The number of hydrogen-bond donors (Lipinski definition) is 3. The zero-order chi connectivity index (χ0) is 15.2. The number of rotatable bonds is 4. The number of hydrogen-bond acceptors (Lipinski definition) is 4. The van der Waals surface area contributed by atoms with E-state index in [0.717, 1.165) is 4.88 Å². The lowest BCUT2D eigenvalue weighted by Crippen LogP contribution is -2.42. The summed E-state index contributed by atoms with van der Waals surface area (Å²) in [6.45, 7) is 3.72. The Hall–Kier alpha value is -2.67. The van der Waals surface area contributed by atoms with Crippen molar-refractivity contribution in [1.82, 2.24) is 10.9 Å². The summed E-state index contributed by atoms with van der Waals surface area (Å²) in [5.74, 6) is -2.54. The van der Waals surface area contributed by atoms with Gasteiger partial charge in [0.05, 0.1) is 16.3 Å². The highest BCUT2D eigenvalue weighted by Crippen LogP contribution is 2.15. The van der Waals surface area contributed by atoms with E-state index in [0.29, 0.717) is 5.70 Å². The van der Waals surface area contributed by atoms with E-state index in [2.05, 4.69) is 22.7 Å². The quantitative estimate of drug-likeness (QED) is 0.598. The van der Waals surface area contributed by atoms with Gasteiger partial charge in [0, 0.05) is 0 Å². The van der Waals surface area contributed by atoms with Crippen LogP contribution in [0.25, 0.3) is 5.70 Å². The van der Waals surface area contributed by atoms with E-state index in [4.69, 9.17) is 0 Å². The zero-order valence-corrected chi connectivity index (χ0v) is 11.7. The van der Waals surface area contributed by atoms with Gasteiger partial charge in [-0.25, -0.2) is 4.39 Å². The number of carbonyl (C=O) groups excluding carboxylic acids is 2. The maximum atomic E-state index is 13.3. The largest absolute Gasteiger partial charge is 0.327 e. The highest BCUT2D eigenvalue weighted by molar-refractivity contribution is 7.11. The van der Waals surface area contributed by atoms with Crippen molar-refractivity contribution in [2.45, 2.75) is 0 Å². The molecule has 0 atom stereocenters. The van der Waals surface area contributed by atoms with Crippen molar-refractivity contribution in [1.29, 1.82) is 0 Å². The van der Waals surface area contributed by atoms with Gasteiger partial charge in [-0.1, -0.05) is 24.8 Å². The standard InChI is InChI=1S/C14H12FN3O2S/c1-9(12-7-4-8-21-12)17-18-14(20)13(19)16-11-6-3-2-5-10(11)15/h2-8,17H,1H2,(H,16,19)(H,18,20). The van der Waals surface area contributed by atoms with Gasteiger partial charge in [-0.2, -0.15) is 0 Å². The Bertz CT molecular complexity index is 671. The zero-order valence-electron chi connectivity index (χ0n) is 10.9. The fraction of sp³-hybridized carbons (Fsp3) is 0. The Morgan fingerprint density at radius 2 is 1.81 bits per heavy atom. The molecular formula is C14H12FN3O2S. The molecule has 0 aliphatic rings. The lowest BCUT2D eigenvalue weighted by Gasteiger charge is -2.10. The maximum Gasteiger partial charge on any atom is 0.327 e. The van der Waals surface area contributed by atoms with E-state index in [-0.39, 0.29) is 5.69 Å². The molecule has 2 rings (SSSR count). The molecule has 7 heteroatoms. The number of para-hydroxylation sites is 1. The van der Waals surface area contributed by atoms with Crippen molar-refractivity contribution in [2.75, 3.05) is 5.32 Å². The molecule has 0 unspecified atom stereocenters. The molecule has 2 amide bonds. The van der Waals surface area contributed by atoms with E-state index in [1.165, 1.54) is 29.5 Å². The third kappa shape index (κ3) is 3.90. The van der Waals surface area contributed by atoms with Crippen molar-refractivity contribution >= 4 is 34.5 Å². The molecule has 21 heavy (non-hydrogen) atoms. The third-order valence-electron chi connectivity index (χ3n) is 2.47. The predicted molar refractivity (Wildman–Crippen MR) is 79.7 cm³/mol. The molecule has 0 spiro atoms. The molecule has 1 aromatic heterocycles. The number of benzene rings is 1. The van der Waals surface area contributed by atoms with Crippen LogP contribution in [0.3, 0.4) is 0 Å². The summed E-state index contributed by atoms with van der Waals surface area (Å²) in [5.41, 5.74) is 5.12. The summed E-state index contributed by atoms with van der Waals surface area (Å²) in [6, 6.07) is 9.22. The van der Waals surface area contributed by atoms with Crippen LogP contribution in [0.5, 0.6) is 0 Å². The first-order chi connectivity index (χ1) is 10.1. The molecule has 0 aliphatic carbocycles. The number of carbonyl (C=O) groups is 2. The van der Waals surface area contributed by atoms with Gasteiger partial charge < -0.3 is 5.32 Å². The number of nitrogens with one attached hydrogen (secondary N) is 3. The monoisotopic (exact) mass is 305 g/mol. The van der Waals surface area contributed by atoms with E-state index >= 15 is 0 Å². The fourth-order valence-corrected chi connectivity index (χ4v) is 2.10. The van der Waals surface area contributed by atoms with Crippen molar-refractivity contribution < 1.29 is 14.0 Å². The van der Waals surface area contributed by atoms with Crippen LogP contribution in [0.4, 0.5) is 10.1 Å². The molecule has 1 aromatic carbocycles. The molecule has 0 fully saturated rings. The molecule has 108 valence electrons. The Morgan fingerprint density at radius 1 is 1.05 bits per heavy atom. The van der Waals surface area contributed by atoms with Gasteiger partial charge in [-0.05, 0) is 23.6 Å². The highest BCUT2D eigenvalue weighted by atomic mass is 32.1. The average Bonchev–Trinajstić information content (AvgIpc) is 3.01. The lowest BCUT2D eigenvalue weighted by molar-refractivity contribution is -0.136. The summed E-state index contributed by atoms with van der Waals surface area (Å²) in [7, 11) is 0. The number of amides is 2. The van der Waals surface area contributed by atoms with E-state index in [1.54, 1.807) is 6.07 Å². The number of anilines is 1. The summed E-state index contributed by atoms with van der Waals surface area (Å²) in [6.07, 6.45) is 0. The molecular weight excluding hydrogens is 293 g/mol. The molecule has 0 saturated heterocycles. The predicted octanol–water partition coefficient (Wildman–Crippen LogP) is 2.12. The normalized spacial score (nSPS) is 9.76. The molecule has 5 nitrogen and oxygen atoms in total. The summed E-state index contributed by atoms with van der Waals surface area (Å²) in [4.78, 5) is 24.0. The maximum absolute atomic E-state index is 13.3. The lowest BCUT2D eigenvalue weighted by atomic mass is 10.3. The van der Waals surface area contributed by atoms with E-state index < -0.39 is 17.6 Å². The molecule has 0 aliphatic heterocycles. The summed E-state index contributed by atoms with van der Waals surface area (Å²) >= 11 is 1.43. The van der Waals surface area contributed by atoms with Crippen molar-refractivity contribution in [2.24, 2.45) is 0 Å². The SMILES string of the molecule is C=C(NNC(=O)C(=O)Nc1ccccc1F)c1cccs1. The van der Waals surface area contributed by atoms with Crippen LogP contribution < -0.4 is 16.2 Å². The minimum Gasteiger partial charge on any atom is -0.315 e.